The predicted molar refractivity (Wildman–Crippen MR) is 81.6 cm³/mol. The van der Waals surface area contributed by atoms with Crippen LogP contribution < -0.4 is 4.74 Å². The Balaban J connectivity index is 2.80. The van der Waals surface area contributed by atoms with Crippen molar-refractivity contribution in [3.63, 3.8) is 0 Å². The summed E-state index contributed by atoms with van der Waals surface area (Å²) in [5, 5.41) is 11.6. The normalized spacial score (nSPS) is 10.6. The molecule has 0 amide bonds. The van der Waals surface area contributed by atoms with E-state index in [1.807, 2.05) is 0 Å². The first-order valence-electron chi connectivity index (χ1n) is 6.90. The van der Waals surface area contributed by atoms with Crippen LogP contribution in [0.5, 0.6) is 5.75 Å². The van der Waals surface area contributed by atoms with Crippen molar-refractivity contribution < 1.29 is 24.0 Å². The van der Waals surface area contributed by atoms with Crippen LogP contribution in [-0.2, 0) is 16.6 Å². The Morgan fingerprint density at radius 1 is 1.35 bits per heavy atom. The number of rotatable bonds is 4. The molecule has 0 saturated heterocycles. The van der Waals surface area contributed by atoms with Crippen molar-refractivity contribution in [2.75, 3.05) is 6.61 Å². The molecule has 0 aliphatic rings. The van der Waals surface area contributed by atoms with Crippen LogP contribution in [0.1, 0.15) is 29.9 Å². The van der Waals surface area contributed by atoms with Crippen molar-refractivity contribution >= 4 is 28.5 Å². The van der Waals surface area contributed by atoms with Gasteiger partial charge in [0, 0.05) is 31.1 Å². The fourth-order valence-corrected chi connectivity index (χ4v) is 2.42. The number of hydrogen-bond donors (Lipinski definition) is 0. The van der Waals surface area contributed by atoms with E-state index in [0.29, 0.717) is 22.2 Å². The van der Waals surface area contributed by atoms with Crippen LogP contribution in [0.4, 0.5) is 5.69 Å². The third kappa shape index (κ3) is 2.87. The van der Waals surface area contributed by atoms with Crippen molar-refractivity contribution in [2.45, 2.75) is 20.8 Å². The molecule has 8 heteroatoms. The number of hydrogen-bond acceptors (Lipinski definition) is 6. The zero-order valence-electron chi connectivity index (χ0n) is 13.2. The molecular formula is C15H16N2O6. The van der Waals surface area contributed by atoms with Crippen LogP contribution in [-0.4, -0.2) is 28.0 Å². The molecule has 2 aromatic rings. The van der Waals surface area contributed by atoms with Crippen molar-refractivity contribution in [1.82, 2.24) is 4.57 Å². The lowest BCUT2D eigenvalue weighted by molar-refractivity contribution is -0.385. The first-order valence-corrected chi connectivity index (χ1v) is 6.90. The average Bonchev–Trinajstić information content (AvgIpc) is 2.69. The van der Waals surface area contributed by atoms with Gasteiger partial charge in [-0.05, 0) is 19.9 Å². The lowest BCUT2D eigenvalue weighted by atomic mass is 10.1. The molecule has 0 bridgehead atoms. The average molecular weight is 320 g/mol. The van der Waals surface area contributed by atoms with Crippen molar-refractivity contribution in [3.8, 4) is 5.75 Å². The highest BCUT2D eigenvalue weighted by atomic mass is 16.6. The van der Waals surface area contributed by atoms with Gasteiger partial charge in [0.05, 0.1) is 22.6 Å². The molecule has 122 valence electrons. The summed E-state index contributed by atoms with van der Waals surface area (Å²) in [5.41, 5.74) is 1.04. The Morgan fingerprint density at radius 3 is 2.52 bits per heavy atom. The Kier molecular flexibility index (Phi) is 4.35. The molecule has 0 spiro atoms. The first kappa shape index (κ1) is 16.5. The Labute approximate surface area is 131 Å². The second-order valence-corrected chi connectivity index (χ2v) is 4.93. The van der Waals surface area contributed by atoms with Crippen molar-refractivity contribution in [3.05, 3.63) is 33.5 Å². The Morgan fingerprint density at radius 2 is 2.00 bits per heavy atom. The number of fused-ring (bicyclic) bond motifs is 1. The van der Waals surface area contributed by atoms with E-state index in [1.54, 1.807) is 25.5 Å². The standard InChI is InChI=1S/C15H16N2O6/c1-5-22-15(19)14-8(2)16(4)11-7-12(17(20)21)13(6-10(11)14)23-9(3)18/h6-7H,5H2,1-4H3. The van der Waals surface area contributed by atoms with Gasteiger partial charge >= 0.3 is 17.6 Å². The van der Waals surface area contributed by atoms with Gasteiger partial charge in [0.25, 0.3) is 0 Å². The van der Waals surface area contributed by atoms with Gasteiger partial charge in [-0.3, -0.25) is 14.9 Å². The van der Waals surface area contributed by atoms with Gasteiger partial charge in [0.2, 0.25) is 5.75 Å². The molecular weight excluding hydrogens is 304 g/mol. The summed E-state index contributed by atoms with van der Waals surface area (Å²) >= 11 is 0. The number of carbonyl (C=O) groups excluding carboxylic acids is 2. The van der Waals surface area contributed by atoms with E-state index < -0.39 is 16.9 Å². The molecule has 1 aromatic carbocycles. The van der Waals surface area contributed by atoms with Crippen LogP contribution in [0.2, 0.25) is 0 Å². The van der Waals surface area contributed by atoms with Crippen LogP contribution in [0.15, 0.2) is 12.1 Å². The van der Waals surface area contributed by atoms with E-state index in [-0.39, 0.29) is 18.0 Å². The number of nitrogens with zero attached hydrogens (tertiary/aromatic N) is 2. The molecule has 0 saturated carbocycles. The van der Waals surface area contributed by atoms with Crippen LogP contribution >= 0.6 is 0 Å². The van der Waals surface area contributed by atoms with Gasteiger partial charge < -0.3 is 14.0 Å². The predicted octanol–water partition coefficient (Wildman–Crippen LogP) is 2.50. The number of nitro benzene ring substituents is 1. The number of benzene rings is 1. The summed E-state index contributed by atoms with van der Waals surface area (Å²) in [6.07, 6.45) is 0. The maximum Gasteiger partial charge on any atom is 0.340 e. The molecule has 1 heterocycles. The topological polar surface area (TPSA) is 101 Å². The second kappa shape index (κ2) is 6.07. The number of ether oxygens (including phenoxy) is 2. The highest BCUT2D eigenvalue weighted by molar-refractivity contribution is 6.07. The van der Waals surface area contributed by atoms with E-state index in [0.717, 1.165) is 6.92 Å². The summed E-state index contributed by atoms with van der Waals surface area (Å²) in [6, 6.07) is 2.61. The SMILES string of the molecule is CCOC(=O)c1c(C)n(C)c2cc([N+](=O)[O-])c(OC(C)=O)cc12. The van der Waals surface area contributed by atoms with E-state index in [1.165, 1.54) is 12.1 Å². The van der Waals surface area contributed by atoms with Gasteiger partial charge in [-0.25, -0.2) is 4.79 Å². The summed E-state index contributed by atoms with van der Waals surface area (Å²) in [6.45, 7) is 4.76. The second-order valence-electron chi connectivity index (χ2n) is 4.93. The maximum atomic E-state index is 12.2. The summed E-state index contributed by atoms with van der Waals surface area (Å²) in [5.74, 6) is -1.41. The molecule has 0 unspecified atom stereocenters. The van der Waals surface area contributed by atoms with Crippen LogP contribution in [0.3, 0.4) is 0 Å². The monoisotopic (exact) mass is 320 g/mol. The maximum absolute atomic E-state index is 12.2. The van der Waals surface area contributed by atoms with Crippen LogP contribution in [0, 0.1) is 17.0 Å². The molecule has 23 heavy (non-hydrogen) atoms. The molecule has 0 atom stereocenters. The molecule has 0 aliphatic carbocycles. The number of aromatic nitrogens is 1. The first-order chi connectivity index (χ1) is 10.8. The quantitative estimate of drug-likeness (QED) is 0.371. The van der Waals surface area contributed by atoms with Crippen LogP contribution in [0.25, 0.3) is 10.9 Å². The van der Waals surface area contributed by atoms with Gasteiger partial charge in [0.15, 0.2) is 0 Å². The molecule has 0 radical (unpaired) electrons. The lowest BCUT2D eigenvalue weighted by Gasteiger charge is -2.05. The lowest BCUT2D eigenvalue weighted by Crippen LogP contribution is -2.07. The fourth-order valence-electron chi connectivity index (χ4n) is 2.42. The number of aryl methyl sites for hydroxylation is 1. The summed E-state index contributed by atoms with van der Waals surface area (Å²) < 4.78 is 11.6. The largest absolute Gasteiger partial charge is 0.462 e. The highest BCUT2D eigenvalue weighted by Crippen LogP contribution is 2.36. The smallest absolute Gasteiger partial charge is 0.340 e. The summed E-state index contributed by atoms with van der Waals surface area (Å²) in [4.78, 5) is 33.9. The molecule has 0 fully saturated rings. The third-order valence-corrected chi connectivity index (χ3v) is 3.50. The van der Waals surface area contributed by atoms with E-state index in [9.17, 15) is 19.7 Å². The van der Waals surface area contributed by atoms with Crippen molar-refractivity contribution in [2.24, 2.45) is 7.05 Å². The molecule has 1 aromatic heterocycles. The number of nitro groups is 1. The summed E-state index contributed by atoms with van der Waals surface area (Å²) in [7, 11) is 1.69. The minimum Gasteiger partial charge on any atom is -0.462 e. The molecule has 0 N–H and O–H groups in total. The zero-order valence-corrected chi connectivity index (χ0v) is 13.2. The van der Waals surface area contributed by atoms with Crippen molar-refractivity contribution in [1.29, 1.82) is 0 Å². The van der Waals surface area contributed by atoms with E-state index >= 15 is 0 Å². The van der Waals surface area contributed by atoms with Gasteiger partial charge in [0.1, 0.15) is 0 Å². The number of carbonyl (C=O) groups is 2. The highest BCUT2D eigenvalue weighted by Gasteiger charge is 2.25. The molecule has 8 nitrogen and oxygen atoms in total. The Bertz CT molecular complexity index is 821. The van der Waals surface area contributed by atoms with E-state index in [4.69, 9.17) is 9.47 Å². The zero-order chi connectivity index (χ0) is 17.3. The third-order valence-electron chi connectivity index (χ3n) is 3.50. The minimum absolute atomic E-state index is 0.203. The van der Waals surface area contributed by atoms with E-state index in [2.05, 4.69) is 0 Å². The molecule has 2 rings (SSSR count). The molecule has 0 aliphatic heterocycles. The number of esters is 2. The fraction of sp³-hybridized carbons (Fsp3) is 0.333. The van der Waals surface area contributed by atoms with Gasteiger partial charge in [-0.1, -0.05) is 0 Å². The van der Waals surface area contributed by atoms with Gasteiger partial charge in [-0.15, -0.1) is 0 Å². The minimum atomic E-state index is -0.683. The van der Waals surface area contributed by atoms with Gasteiger partial charge in [-0.2, -0.15) is 0 Å². The Hall–Kier alpha value is -2.90.